The molecule has 2 amide bonds. The van der Waals surface area contributed by atoms with Gasteiger partial charge in [0.2, 0.25) is 5.91 Å². The summed E-state index contributed by atoms with van der Waals surface area (Å²) in [5, 5.41) is 14.9. The van der Waals surface area contributed by atoms with Gasteiger partial charge >= 0.3 is 12.1 Å². The number of anilines is 1. The lowest BCUT2D eigenvalue weighted by Gasteiger charge is -2.40. The van der Waals surface area contributed by atoms with Crippen molar-refractivity contribution in [1.82, 2.24) is 15.2 Å². The van der Waals surface area contributed by atoms with Gasteiger partial charge in [-0.25, -0.2) is 14.6 Å². The van der Waals surface area contributed by atoms with E-state index in [9.17, 15) is 19.5 Å². The number of nitrogens with zero attached hydrogens (tertiary/aromatic N) is 2. The van der Waals surface area contributed by atoms with Crippen LogP contribution in [-0.2, 0) is 27.2 Å². The summed E-state index contributed by atoms with van der Waals surface area (Å²) in [4.78, 5) is 42.1. The van der Waals surface area contributed by atoms with Crippen LogP contribution < -0.4 is 10.6 Å². The summed E-state index contributed by atoms with van der Waals surface area (Å²) in [6, 6.07) is 2.91. The van der Waals surface area contributed by atoms with Gasteiger partial charge in [-0.1, -0.05) is 6.07 Å². The second-order valence-electron chi connectivity index (χ2n) is 9.29. The van der Waals surface area contributed by atoms with Crippen LogP contribution >= 0.6 is 0 Å². The summed E-state index contributed by atoms with van der Waals surface area (Å²) in [7, 11) is 0. The predicted molar refractivity (Wildman–Crippen MR) is 115 cm³/mol. The van der Waals surface area contributed by atoms with Crippen molar-refractivity contribution in [2.75, 3.05) is 25.0 Å². The van der Waals surface area contributed by atoms with E-state index in [-0.39, 0.29) is 12.3 Å². The molecule has 31 heavy (non-hydrogen) atoms. The van der Waals surface area contributed by atoms with Gasteiger partial charge in [-0.3, -0.25) is 4.79 Å². The maximum Gasteiger partial charge on any atom is 0.408 e. The highest BCUT2D eigenvalue weighted by molar-refractivity contribution is 5.87. The number of aromatic nitrogens is 1. The van der Waals surface area contributed by atoms with Crippen molar-refractivity contribution < 1.29 is 24.2 Å². The number of pyridine rings is 1. The lowest BCUT2D eigenvalue weighted by molar-refractivity contribution is -0.145. The first-order valence-electron chi connectivity index (χ1n) is 10.8. The molecule has 3 heterocycles. The Bertz CT molecular complexity index is 830. The molecule has 3 rings (SSSR count). The zero-order valence-electron chi connectivity index (χ0n) is 18.4. The van der Waals surface area contributed by atoms with Gasteiger partial charge in [0.1, 0.15) is 17.5 Å². The van der Waals surface area contributed by atoms with Crippen LogP contribution in [0.3, 0.4) is 0 Å². The molecule has 0 spiro atoms. The number of ether oxygens (including phenoxy) is 1. The fourth-order valence-electron chi connectivity index (χ4n) is 3.77. The Balaban J connectivity index is 1.41. The Morgan fingerprint density at radius 1 is 1.32 bits per heavy atom. The minimum atomic E-state index is -1.31. The Morgan fingerprint density at radius 2 is 2.06 bits per heavy atom. The van der Waals surface area contributed by atoms with Gasteiger partial charge < -0.3 is 25.4 Å². The second-order valence-corrected chi connectivity index (χ2v) is 9.29. The normalized spacial score (nSPS) is 17.1. The van der Waals surface area contributed by atoms with E-state index in [1.165, 1.54) is 5.56 Å². The highest BCUT2D eigenvalue weighted by Crippen LogP contribution is 2.24. The summed E-state index contributed by atoms with van der Waals surface area (Å²) in [5.74, 6) is -0.178. The Kier molecular flexibility index (Phi) is 7.02. The molecule has 2 aliphatic rings. The van der Waals surface area contributed by atoms with Crippen molar-refractivity contribution in [2.45, 2.75) is 64.5 Å². The summed E-state index contributed by atoms with van der Waals surface area (Å²) >= 11 is 0. The van der Waals surface area contributed by atoms with Crippen molar-refractivity contribution in [2.24, 2.45) is 5.92 Å². The Morgan fingerprint density at radius 3 is 2.74 bits per heavy atom. The predicted octanol–water partition coefficient (Wildman–Crippen LogP) is 2.20. The van der Waals surface area contributed by atoms with Crippen LogP contribution in [0.15, 0.2) is 12.1 Å². The molecule has 0 aromatic carbocycles. The van der Waals surface area contributed by atoms with Crippen LogP contribution in [0.1, 0.15) is 51.3 Å². The molecule has 1 aromatic heterocycles. The number of hydrogen-bond donors (Lipinski definition) is 3. The fraction of sp³-hybridized carbons (Fsp3) is 0.636. The minimum absolute atomic E-state index is 0.282. The largest absolute Gasteiger partial charge is 0.480 e. The van der Waals surface area contributed by atoms with Crippen LogP contribution in [-0.4, -0.2) is 64.2 Å². The molecule has 9 heteroatoms. The Hall–Kier alpha value is -2.84. The first-order valence-corrected chi connectivity index (χ1v) is 10.8. The van der Waals surface area contributed by atoms with Crippen molar-refractivity contribution >= 4 is 23.8 Å². The molecular formula is C22H32N4O5. The minimum Gasteiger partial charge on any atom is -0.480 e. The van der Waals surface area contributed by atoms with E-state index in [0.717, 1.165) is 43.7 Å². The van der Waals surface area contributed by atoms with E-state index in [2.05, 4.69) is 22.8 Å². The zero-order valence-corrected chi connectivity index (χ0v) is 18.4. The number of likely N-dealkylation sites (tertiary alicyclic amines) is 1. The quantitative estimate of drug-likeness (QED) is 0.604. The number of carbonyl (C=O) groups excluding carboxylic acids is 2. The molecule has 9 nitrogen and oxygen atoms in total. The van der Waals surface area contributed by atoms with Crippen LogP contribution in [0.4, 0.5) is 10.6 Å². The van der Waals surface area contributed by atoms with E-state index >= 15 is 0 Å². The van der Waals surface area contributed by atoms with Crippen LogP contribution in [0.2, 0.25) is 0 Å². The van der Waals surface area contributed by atoms with E-state index in [0.29, 0.717) is 19.0 Å². The van der Waals surface area contributed by atoms with E-state index in [4.69, 9.17) is 9.72 Å². The molecular weight excluding hydrogens is 400 g/mol. The highest BCUT2D eigenvalue weighted by Gasteiger charge is 2.34. The van der Waals surface area contributed by atoms with Gasteiger partial charge in [0.25, 0.3) is 0 Å². The average Bonchev–Trinajstić information content (AvgIpc) is 2.64. The number of aliphatic carboxylic acids is 1. The topological polar surface area (TPSA) is 121 Å². The van der Waals surface area contributed by atoms with Crippen LogP contribution in [0, 0.1) is 5.92 Å². The molecule has 0 radical (unpaired) electrons. The Labute approximate surface area is 182 Å². The third-order valence-corrected chi connectivity index (χ3v) is 5.44. The van der Waals surface area contributed by atoms with Crippen molar-refractivity contribution in [3.05, 3.63) is 23.4 Å². The lowest BCUT2D eigenvalue weighted by atomic mass is 9.93. The molecule has 2 aliphatic heterocycles. The smallest absolute Gasteiger partial charge is 0.408 e. The molecule has 1 aromatic rings. The number of hydrogen-bond acceptors (Lipinski definition) is 6. The molecule has 3 N–H and O–H groups in total. The summed E-state index contributed by atoms with van der Waals surface area (Å²) in [6.07, 6.45) is 2.83. The molecule has 170 valence electrons. The van der Waals surface area contributed by atoms with Crippen molar-refractivity contribution in [1.29, 1.82) is 0 Å². The molecule has 0 aliphatic carbocycles. The number of amides is 2. The number of carbonyl (C=O) groups is 3. The molecule has 1 saturated heterocycles. The van der Waals surface area contributed by atoms with Gasteiger partial charge in [-0.15, -0.1) is 0 Å². The fourth-order valence-corrected chi connectivity index (χ4v) is 3.77. The summed E-state index contributed by atoms with van der Waals surface area (Å²) in [6.45, 7) is 7.21. The van der Waals surface area contributed by atoms with Crippen LogP contribution in [0.25, 0.3) is 0 Å². The number of rotatable bonds is 7. The maximum absolute atomic E-state index is 12.4. The maximum atomic E-state index is 12.4. The number of fused-ring (bicyclic) bond motifs is 1. The molecule has 1 fully saturated rings. The lowest BCUT2D eigenvalue weighted by Crippen LogP contribution is -2.53. The SMILES string of the molecule is CC(C)(C)OC(=O)NC(CC(=O)N1CC(CCc2ccc3c(n2)NCCC3)C1)C(=O)O. The first-order chi connectivity index (χ1) is 14.6. The summed E-state index contributed by atoms with van der Waals surface area (Å²) < 4.78 is 5.08. The molecule has 1 atom stereocenters. The van der Waals surface area contributed by atoms with E-state index < -0.39 is 23.7 Å². The van der Waals surface area contributed by atoms with Crippen molar-refractivity contribution in [3.8, 4) is 0 Å². The number of aryl methyl sites for hydroxylation is 2. The number of carboxylic acid groups (broad SMARTS) is 1. The van der Waals surface area contributed by atoms with Crippen molar-refractivity contribution in [3.63, 3.8) is 0 Å². The number of carboxylic acids is 1. The van der Waals surface area contributed by atoms with E-state index in [1.54, 1.807) is 25.7 Å². The van der Waals surface area contributed by atoms with Gasteiger partial charge in [-0.2, -0.15) is 0 Å². The summed E-state index contributed by atoms with van der Waals surface area (Å²) in [5.41, 5.74) is 1.57. The van der Waals surface area contributed by atoms with Gasteiger partial charge in [-0.05, 0) is 64.0 Å². The third-order valence-electron chi connectivity index (χ3n) is 5.44. The van der Waals surface area contributed by atoms with Crippen LogP contribution in [0.5, 0.6) is 0 Å². The van der Waals surface area contributed by atoms with Gasteiger partial charge in [0.15, 0.2) is 0 Å². The number of alkyl carbamates (subject to hydrolysis) is 1. The molecule has 1 unspecified atom stereocenters. The zero-order chi connectivity index (χ0) is 22.6. The second kappa shape index (κ2) is 9.53. The van der Waals surface area contributed by atoms with Gasteiger partial charge in [0, 0.05) is 25.3 Å². The highest BCUT2D eigenvalue weighted by atomic mass is 16.6. The average molecular weight is 433 g/mol. The first kappa shape index (κ1) is 22.8. The monoisotopic (exact) mass is 432 g/mol. The number of nitrogens with one attached hydrogen (secondary N) is 2. The molecule has 0 bridgehead atoms. The third kappa shape index (κ3) is 6.57. The standard InChI is InChI=1S/C22H32N4O5/c1-22(2,3)31-21(30)25-17(20(28)29)11-18(27)26-12-14(13-26)6-8-16-9-7-15-5-4-10-23-19(15)24-16/h7,9,14,17H,4-6,8,10-13H2,1-3H3,(H,23,24)(H,25,30)(H,28,29). The molecule has 0 saturated carbocycles. The van der Waals surface area contributed by atoms with Gasteiger partial charge in [0.05, 0.1) is 6.42 Å². The van der Waals surface area contributed by atoms with E-state index in [1.807, 2.05) is 0 Å².